The average molecular weight is 322 g/mol. The van der Waals surface area contributed by atoms with E-state index in [1.54, 1.807) is 54.6 Å². The lowest BCUT2D eigenvalue weighted by Gasteiger charge is -2.11. The average Bonchev–Trinajstić information content (AvgIpc) is 2.55. The van der Waals surface area contributed by atoms with Gasteiger partial charge in [0.05, 0.1) is 0 Å². The smallest absolute Gasteiger partial charge is 0.261 e. The number of hydrogen-bond acceptors (Lipinski definition) is 4. The molecule has 0 saturated carbocycles. The highest BCUT2D eigenvalue weighted by molar-refractivity contribution is 6.55. The first-order valence-corrected chi connectivity index (χ1v) is 7.36. The van der Waals surface area contributed by atoms with Crippen molar-refractivity contribution in [1.82, 2.24) is 0 Å². The first-order valence-electron chi connectivity index (χ1n) is 7.36. The molecule has 0 bridgehead atoms. The van der Waals surface area contributed by atoms with E-state index >= 15 is 0 Å². The van der Waals surface area contributed by atoms with Crippen LogP contribution in [0, 0.1) is 12.3 Å². The summed E-state index contributed by atoms with van der Waals surface area (Å²) in [5.41, 5.74) is 0.888. The van der Waals surface area contributed by atoms with E-state index in [1.165, 1.54) is 6.92 Å². The summed E-state index contributed by atoms with van der Waals surface area (Å²) in [6, 6.07) is 15.3. The molecule has 0 atom stereocenters. The van der Waals surface area contributed by atoms with E-state index in [0.29, 0.717) is 5.69 Å². The molecule has 0 aliphatic carbocycles. The Morgan fingerprint density at radius 3 is 2.12 bits per heavy atom. The van der Waals surface area contributed by atoms with Crippen LogP contribution < -0.4 is 5.32 Å². The first kappa shape index (κ1) is 17.1. The number of para-hydroxylation sites is 1. The summed E-state index contributed by atoms with van der Waals surface area (Å²) in [7, 11) is 0. The molecule has 3 N–H and O–H groups in total. The molecule has 0 aromatic heterocycles. The summed E-state index contributed by atoms with van der Waals surface area (Å²) >= 11 is 0. The van der Waals surface area contributed by atoms with E-state index in [2.05, 4.69) is 5.32 Å². The molecule has 5 nitrogen and oxygen atoms in total. The fraction of sp³-hybridized carbons (Fsp3) is 0.105. The molecular weight excluding hydrogens is 304 g/mol. The van der Waals surface area contributed by atoms with Crippen molar-refractivity contribution in [3.05, 3.63) is 77.1 Å². The molecule has 0 radical (unpaired) electrons. The fourth-order valence-electron chi connectivity index (χ4n) is 2.14. The summed E-state index contributed by atoms with van der Waals surface area (Å²) < 4.78 is 0. The van der Waals surface area contributed by atoms with Crippen molar-refractivity contribution in [3.63, 3.8) is 0 Å². The van der Waals surface area contributed by atoms with Crippen LogP contribution in [0.2, 0.25) is 0 Å². The van der Waals surface area contributed by atoms with E-state index in [-0.39, 0.29) is 16.9 Å². The van der Waals surface area contributed by atoms with Crippen molar-refractivity contribution < 1.29 is 14.7 Å². The SMILES string of the molecule is C/C(O)=C(/C(=N)C(=O)c1ccc(C)cc1)C(=O)Nc1ccccc1. The Morgan fingerprint density at radius 2 is 1.58 bits per heavy atom. The number of Topliss-reactive ketones (excluding diaryl/α,β-unsaturated/α-hetero) is 1. The summed E-state index contributed by atoms with van der Waals surface area (Å²) in [4.78, 5) is 24.8. The number of benzene rings is 2. The Bertz CT molecular complexity index is 802. The van der Waals surface area contributed by atoms with Gasteiger partial charge in [-0.3, -0.25) is 15.0 Å². The second-order valence-electron chi connectivity index (χ2n) is 5.35. The van der Waals surface area contributed by atoms with Gasteiger partial charge in [-0.2, -0.15) is 0 Å². The van der Waals surface area contributed by atoms with Gasteiger partial charge in [0.2, 0.25) is 5.78 Å². The van der Waals surface area contributed by atoms with E-state index in [4.69, 9.17) is 5.41 Å². The van der Waals surface area contributed by atoms with E-state index in [9.17, 15) is 14.7 Å². The van der Waals surface area contributed by atoms with E-state index < -0.39 is 17.4 Å². The Labute approximate surface area is 140 Å². The molecule has 2 aromatic rings. The van der Waals surface area contributed by atoms with Crippen molar-refractivity contribution in [3.8, 4) is 0 Å². The topological polar surface area (TPSA) is 90.2 Å². The van der Waals surface area contributed by atoms with Crippen LogP contribution in [0.5, 0.6) is 0 Å². The minimum Gasteiger partial charge on any atom is -0.512 e. The van der Waals surface area contributed by atoms with E-state index in [1.807, 2.05) is 6.92 Å². The molecule has 0 fully saturated rings. The second-order valence-corrected chi connectivity index (χ2v) is 5.35. The maximum atomic E-state index is 12.4. The highest BCUT2D eigenvalue weighted by atomic mass is 16.3. The summed E-state index contributed by atoms with van der Waals surface area (Å²) in [6.45, 7) is 3.16. The number of aliphatic hydroxyl groups is 1. The predicted octanol–water partition coefficient (Wildman–Crippen LogP) is 3.67. The molecule has 122 valence electrons. The van der Waals surface area contributed by atoms with Gasteiger partial charge in [-0.05, 0) is 26.0 Å². The Hall–Kier alpha value is -3.21. The third-order valence-electron chi connectivity index (χ3n) is 3.41. The van der Waals surface area contributed by atoms with Gasteiger partial charge in [-0.25, -0.2) is 0 Å². The molecule has 0 aliphatic rings. The lowest BCUT2D eigenvalue weighted by molar-refractivity contribution is -0.112. The molecule has 0 saturated heterocycles. The van der Waals surface area contributed by atoms with Gasteiger partial charge in [-0.15, -0.1) is 0 Å². The number of allylic oxidation sites excluding steroid dienone is 1. The van der Waals surface area contributed by atoms with Crippen molar-refractivity contribution in [2.24, 2.45) is 0 Å². The van der Waals surface area contributed by atoms with Crippen LogP contribution in [0.1, 0.15) is 22.8 Å². The van der Waals surface area contributed by atoms with Crippen molar-refractivity contribution in [2.45, 2.75) is 13.8 Å². The van der Waals surface area contributed by atoms with Gasteiger partial charge in [0.1, 0.15) is 17.0 Å². The highest BCUT2D eigenvalue weighted by Crippen LogP contribution is 2.14. The van der Waals surface area contributed by atoms with Gasteiger partial charge >= 0.3 is 0 Å². The van der Waals surface area contributed by atoms with Crippen LogP contribution >= 0.6 is 0 Å². The van der Waals surface area contributed by atoms with Gasteiger partial charge < -0.3 is 10.4 Å². The van der Waals surface area contributed by atoms with Gasteiger partial charge in [-0.1, -0.05) is 48.0 Å². The molecular formula is C19H18N2O3. The predicted molar refractivity (Wildman–Crippen MR) is 93.6 cm³/mol. The van der Waals surface area contributed by atoms with Gasteiger partial charge in [0.15, 0.2) is 0 Å². The summed E-state index contributed by atoms with van der Waals surface area (Å²) in [5, 5.41) is 20.4. The van der Waals surface area contributed by atoms with Gasteiger partial charge in [0, 0.05) is 11.3 Å². The van der Waals surface area contributed by atoms with Crippen LogP contribution in [0.25, 0.3) is 0 Å². The molecule has 2 rings (SSSR count). The number of aryl methyl sites for hydroxylation is 1. The number of anilines is 1. The van der Waals surface area contributed by atoms with Crippen molar-refractivity contribution in [1.29, 1.82) is 5.41 Å². The quantitative estimate of drug-likeness (QED) is 0.339. The lowest BCUT2D eigenvalue weighted by Crippen LogP contribution is -2.27. The minimum atomic E-state index is -0.702. The van der Waals surface area contributed by atoms with Crippen molar-refractivity contribution >= 4 is 23.1 Å². The monoisotopic (exact) mass is 322 g/mol. The van der Waals surface area contributed by atoms with Crippen LogP contribution in [0.3, 0.4) is 0 Å². The summed E-state index contributed by atoms with van der Waals surface area (Å²) in [6.07, 6.45) is 0. The van der Waals surface area contributed by atoms with Crippen LogP contribution in [-0.2, 0) is 4.79 Å². The molecule has 0 aliphatic heterocycles. The number of aliphatic hydroxyl groups excluding tert-OH is 1. The Balaban J connectivity index is 2.25. The molecule has 0 heterocycles. The van der Waals surface area contributed by atoms with Crippen LogP contribution in [0.4, 0.5) is 5.69 Å². The fourth-order valence-corrected chi connectivity index (χ4v) is 2.14. The standard InChI is InChI=1S/C19H18N2O3/c1-12-8-10-14(11-9-12)18(23)17(20)16(13(2)22)19(24)21-15-6-4-3-5-7-15/h3-11,20,22H,1-2H3,(H,21,24)/b16-13+,20-17?. The maximum Gasteiger partial charge on any atom is 0.261 e. The highest BCUT2D eigenvalue weighted by Gasteiger charge is 2.25. The zero-order chi connectivity index (χ0) is 17.7. The second kappa shape index (κ2) is 7.37. The zero-order valence-electron chi connectivity index (χ0n) is 13.5. The van der Waals surface area contributed by atoms with Crippen molar-refractivity contribution in [2.75, 3.05) is 5.32 Å². The number of amides is 1. The molecule has 2 aromatic carbocycles. The molecule has 0 spiro atoms. The maximum absolute atomic E-state index is 12.4. The van der Waals surface area contributed by atoms with Gasteiger partial charge in [0.25, 0.3) is 5.91 Å². The van der Waals surface area contributed by atoms with Crippen LogP contribution in [-0.4, -0.2) is 22.5 Å². The summed E-state index contributed by atoms with van der Waals surface area (Å²) in [5.74, 6) is -1.71. The number of carbonyl (C=O) groups excluding carboxylic acids is 2. The number of ketones is 1. The number of nitrogens with one attached hydrogen (secondary N) is 2. The van der Waals surface area contributed by atoms with E-state index in [0.717, 1.165) is 5.56 Å². The Morgan fingerprint density at radius 1 is 1.00 bits per heavy atom. The molecule has 5 heteroatoms. The lowest BCUT2D eigenvalue weighted by atomic mass is 9.98. The first-order chi connectivity index (χ1) is 11.4. The zero-order valence-corrected chi connectivity index (χ0v) is 13.5. The number of hydrogen-bond donors (Lipinski definition) is 3. The number of rotatable bonds is 5. The number of carbonyl (C=O) groups is 2. The minimum absolute atomic E-state index is 0.289. The Kier molecular flexibility index (Phi) is 5.27. The molecule has 24 heavy (non-hydrogen) atoms. The van der Waals surface area contributed by atoms with Crippen LogP contribution in [0.15, 0.2) is 65.9 Å². The normalized spacial score (nSPS) is 11.4. The largest absolute Gasteiger partial charge is 0.512 e. The third-order valence-corrected chi connectivity index (χ3v) is 3.41. The molecule has 1 amide bonds. The molecule has 0 unspecified atom stereocenters. The third kappa shape index (κ3) is 3.95.